The van der Waals surface area contributed by atoms with Crippen molar-refractivity contribution >= 4 is 0 Å². The Balaban J connectivity index is 1.99. The van der Waals surface area contributed by atoms with Crippen molar-refractivity contribution in [3.63, 3.8) is 0 Å². The molecule has 23 heavy (non-hydrogen) atoms. The van der Waals surface area contributed by atoms with Gasteiger partial charge in [0.2, 0.25) is 0 Å². The molecule has 1 aliphatic rings. The zero-order valence-electron chi connectivity index (χ0n) is 14.8. The Morgan fingerprint density at radius 1 is 1.26 bits per heavy atom. The number of nitrogens with zero attached hydrogens (tertiary/aromatic N) is 2. The molecule has 0 spiro atoms. The van der Waals surface area contributed by atoms with Crippen LogP contribution in [0, 0.1) is 0 Å². The fourth-order valence-corrected chi connectivity index (χ4v) is 2.92. The van der Waals surface area contributed by atoms with Gasteiger partial charge in [0, 0.05) is 24.7 Å². The van der Waals surface area contributed by atoms with E-state index in [2.05, 4.69) is 30.0 Å². The molecule has 0 atom stereocenters. The van der Waals surface area contributed by atoms with Crippen LogP contribution in [-0.2, 0) is 6.54 Å². The van der Waals surface area contributed by atoms with Crippen LogP contribution in [0.25, 0.3) is 0 Å². The molecular formula is C18H31N3O2. The molecular weight excluding hydrogens is 290 g/mol. The smallest absolute Gasteiger partial charge is 0.165 e. The number of hydrogen-bond donors (Lipinski definition) is 1. The van der Waals surface area contributed by atoms with Gasteiger partial charge in [0.1, 0.15) is 0 Å². The van der Waals surface area contributed by atoms with E-state index in [4.69, 9.17) is 15.2 Å². The lowest BCUT2D eigenvalue weighted by molar-refractivity contribution is 0.200. The molecule has 0 radical (unpaired) electrons. The van der Waals surface area contributed by atoms with Gasteiger partial charge in [0.15, 0.2) is 11.5 Å². The number of para-hydroxylation sites is 1. The molecule has 1 heterocycles. The molecule has 1 aromatic carbocycles. The second-order valence-corrected chi connectivity index (χ2v) is 6.57. The number of nitrogens with two attached hydrogens (primary N) is 1. The van der Waals surface area contributed by atoms with Crippen LogP contribution in [0.1, 0.15) is 24.8 Å². The van der Waals surface area contributed by atoms with E-state index < -0.39 is 0 Å². The van der Waals surface area contributed by atoms with E-state index in [1.165, 1.54) is 5.56 Å². The average Bonchev–Trinajstić information content (AvgIpc) is 2.54. The first-order chi connectivity index (χ1) is 11.1. The number of piperidine rings is 1. The lowest BCUT2D eigenvalue weighted by atomic mass is 10.0. The summed E-state index contributed by atoms with van der Waals surface area (Å²) in [4.78, 5) is 4.62. The number of methoxy groups -OCH3 is 1. The first-order valence-corrected chi connectivity index (χ1v) is 8.51. The maximum Gasteiger partial charge on any atom is 0.165 e. The topological polar surface area (TPSA) is 51.0 Å². The maximum absolute atomic E-state index is 6.07. The summed E-state index contributed by atoms with van der Waals surface area (Å²) in [5.74, 6) is 1.71. The van der Waals surface area contributed by atoms with Gasteiger partial charge < -0.3 is 20.1 Å². The average molecular weight is 321 g/mol. The third-order valence-electron chi connectivity index (χ3n) is 4.30. The summed E-state index contributed by atoms with van der Waals surface area (Å²) < 4.78 is 11.6. The predicted octanol–water partition coefficient (Wildman–Crippen LogP) is 1.95. The minimum Gasteiger partial charge on any atom is -0.493 e. The Kier molecular flexibility index (Phi) is 7.15. The normalized spacial score (nSPS) is 16.7. The van der Waals surface area contributed by atoms with E-state index in [0.29, 0.717) is 12.6 Å². The van der Waals surface area contributed by atoms with E-state index in [-0.39, 0.29) is 0 Å². The third-order valence-corrected chi connectivity index (χ3v) is 4.30. The zero-order valence-corrected chi connectivity index (χ0v) is 14.8. The van der Waals surface area contributed by atoms with Crippen LogP contribution in [0.5, 0.6) is 11.5 Å². The van der Waals surface area contributed by atoms with Crippen molar-refractivity contribution in [1.29, 1.82) is 0 Å². The molecule has 2 N–H and O–H groups in total. The largest absolute Gasteiger partial charge is 0.493 e. The Labute approximate surface area is 140 Å². The van der Waals surface area contributed by atoms with Crippen LogP contribution >= 0.6 is 0 Å². The monoisotopic (exact) mass is 321 g/mol. The zero-order chi connectivity index (χ0) is 16.7. The van der Waals surface area contributed by atoms with Crippen molar-refractivity contribution in [2.45, 2.75) is 31.8 Å². The number of hydrogen-bond acceptors (Lipinski definition) is 5. The first-order valence-electron chi connectivity index (χ1n) is 8.51. The molecule has 5 nitrogen and oxygen atoms in total. The SMILES string of the molecule is COc1cccc(CN2CCC(N)CC2)c1OCCCN(C)C. The number of rotatable bonds is 8. The van der Waals surface area contributed by atoms with Crippen molar-refractivity contribution in [3.8, 4) is 11.5 Å². The highest BCUT2D eigenvalue weighted by Crippen LogP contribution is 2.32. The highest BCUT2D eigenvalue weighted by Gasteiger charge is 2.19. The van der Waals surface area contributed by atoms with E-state index >= 15 is 0 Å². The molecule has 130 valence electrons. The number of ether oxygens (including phenoxy) is 2. The number of likely N-dealkylation sites (tertiary alicyclic amines) is 1. The summed E-state index contributed by atoms with van der Waals surface area (Å²) in [7, 11) is 5.86. The molecule has 5 heteroatoms. The van der Waals surface area contributed by atoms with Crippen LogP contribution < -0.4 is 15.2 Å². The van der Waals surface area contributed by atoms with Crippen molar-refractivity contribution in [1.82, 2.24) is 9.80 Å². The van der Waals surface area contributed by atoms with E-state index in [0.717, 1.165) is 56.9 Å². The Hall–Kier alpha value is -1.30. The van der Waals surface area contributed by atoms with Crippen molar-refractivity contribution in [2.75, 3.05) is 47.4 Å². The Bertz CT molecular complexity index is 471. The van der Waals surface area contributed by atoms with Crippen molar-refractivity contribution in [3.05, 3.63) is 23.8 Å². The van der Waals surface area contributed by atoms with Gasteiger partial charge in [-0.25, -0.2) is 0 Å². The summed E-state index contributed by atoms with van der Waals surface area (Å²) in [5, 5.41) is 0. The minimum atomic E-state index is 0.360. The third kappa shape index (κ3) is 5.68. The molecule has 0 saturated carbocycles. The molecule has 1 aromatic rings. The minimum absolute atomic E-state index is 0.360. The van der Waals surface area contributed by atoms with Crippen LogP contribution in [0.3, 0.4) is 0 Å². The fourth-order valence-electron chi connectivity index (χ4n) is 2.92. The molecule has 1 aliphatic heterocycles. The lowest BCUT2D eigenvalue weighted by Crippen LogP contribution is -2.39. The molecule has 2 rings (SSSR count). The molecule has 0 bridgehead atoms. The van der Waals surface area contributed by atoms with Crippen LogP contribution in [0.15, 0.2) is 18.2 Å². The summed E-state index contributed by atoms with van der Waals surface area (Å²) in [5.41, 5.74) is 7.19. The molecule has 1 fully saturated rings. The molecule has 1 saturated heterocycles. The second-order valence-electron chi connectivity index (χ2n) is 6.57. The molecule has 0 aromatic heterocycles. The first kappa shape index (κ1) is 18.0. The maximum atomic E-state index is 6.07. The fraction of sp³-hybridized carbons (Fsp3) is 0.667. The summed E-state index contributed by atoms with van der Waals surface area (Å²) in [6.45, 7) is 4.73. The summed E-state index contributed by atoms with van der Waals surface area (Å²) >= 11 is 0. The van der Waals surface area contributed by atoms with Gasteiger partial charge >= 0.3 is 0 Å². The van der Waals surface area contributed by atoms with Crippen LogP contribution in [0.2, 0.25) is 0 Å². The predicted molar refractivity (Wildman–Crippen MR) is 94.1 cm³/mol. The van der Waals surface area contributed by atoms with Crippen molar-refractivity contribution < 1.29 is 9.47 Å². The van der Waals surface area contributed by atoms with Gasteiger partial charge in [0.05, 0.1) is 13.7 Å². The van der Waals surface area contributed by atoms with Crippen LogP contribution in [0.4, 0.5) is 0 Å². The van der Waals surface area contributed by atoms with E-state index in [9.17, 15) is 0 Å². The standard InChI is InChI=1S/C18H31N3O2/c1-20(2)10-5-13-23-18-15(6-4-7-17(18)22-3)14-21-11-8-16(19)9-12-21/h4,6-7,16H,5,8-14,19H2,1-3H3. The quantitative estimate of drug-likeness (QED) is 0.742. The lowest BCUT2D eigenvalue weighted by Gasteiger charge is -2.30. The van der Waals surface area contributed by atoms with E-state index in [1.54, 1.807) is 7.11 Å². The Morgan fingerprint density at radius 2 is 2.00 bits per heavy atom. The highest BCUT2D eigenvalue weighted by molar-refractivity contribution is 5.46. The molecule has 0 aliphatic carbocycles. The van der Waals surface area contributed by atoms with Gasteiger partial charge in [-0.3, -0.25) is 4.90 Å². The van der Waals surface area contributed by atoms with Gasteiger partial charge in [-0.15, -0.1) is 0 Å². The summed E-state index contributed by atoms with van der Waals surface area (Å²) in [6, 6.07) is 6.50. The van der Waals surface area contributed by atoms with Gasteiger partial charge in [0.25, 0.3) is 0 Å². The highest BCUT2D eigenvalue weighted by atomic mass is 16.5. The van der Waals surface area contributed by atoms with Gasteiger partial charge in [-0.1, -0.05) is 12.1 Å². The summed E-state index contributed by atoms with van der Waals surface area (Å²) in [6.07, 6.45) is 3.15. The molecule has 0 amide bonds. The van der Waals surface area contributed by atoms with Gasteiger partial charge in [-0.05, 0) is 52.5 Å². The van der Waals surface area contributed by atoms with Gasteiger partial charge in [-0.2, -0.15) is 0 Å². The van der Waals surface area contributed by atoms with E-state index in [1.807, 2.05) is 12.1 Å². The van der Waals surface area contributed by atoms with Crippen molar-refractivity contribution in [2.24, 2.45) is 5.73 Å². The second kappa shape index (κ2) is 9.11. The Morgan fingerprint density at radius 3 is 2.65 bits per heavy atom. The number of benzene rings is 1. The molecule has 0 unspecified atom stereocenters. The van der Waals surface area contributed by atoms with Crippen LogP contribution in [-0.4, -0.2) is 63.3 Å².